The van der Waals surface area contributed by atoms with E-state index in [9.17, 15) is 4.79 Å². The summed E-state index contributed by atoms with van der Waals surface area (Å²) in [6.07, 6.45) is 11.0. The summed E-state index contributed by atoms with van der Waals surface area (Å²) in [5.41, 5.74) is 0. The molecule has 0 aromatic heterocycles. The fourth-order valence-electron chi connectivity index (χ4n) is 2.30. The van der Waals surface area contributed by atoms with E-state index in [0.717, 1.165) is 12.8 Å². The molecule has 2 unspecified atom stereocenters. The lowest BCUT2D eigenvalue weighted by molar-refractivity contribution is -0.145. The van der Waals surface area contributed by atoms with Crippen LogP contribution < -0.4 is 0 Å². The second-order valence-electron chi connectivity index (χ2n) is 5.37. The third kappa shape index (κ3) is 8.51. The molecule has 0 aliphatic rings. The summed E-state index contributed by atoms with van der Waals surface area (Å²) in [5.74, 6) is -1.38. The average molecular weight is 258 g/mol. The van der Waals surface area contributed by atoms with Crippen molar-refractivity contribution < 1.29 is 15.0 Å². The summed E-state index contributed by atoms with van der Waals surface area (Å²) in [6, 6.07) is 0. The van der Waals surface area contributed by atoms with Crippen LogP contribution in [0.3, 0.4) is 0 Å². The summed E-state index contributed by atoms with van der Waals surface area (Å²) in [7, 11) is 0. The molecule has 3 nitrogen and oxygen atoms in total. The quantitative estimate of drug-likeness (QED) is 0.523. The number of aliphatic hydroxyl groups is 1. The second kappa shape index (κ2) is 11.5. The molecule has 0 aromatic rings. The third-order valence-electron chi connectivity index (χ3n) is 3.71. The van der Waals surface area contributed by atoms with Gasteiger partial charge >= 0.3 is 5.97 Å². The van der Waals surface area contributed by atoms with Gasteiger partial charge in [0.25, 0.3) is 0 Å². The van der Waals surface area contributed by atoms with Crippen LogP contribution in [0.5, 0.6) is 0 Å². The molecule has 2 N–H and O–H groups in total. The number of unbranched alkanes of at least 4 members (excludes halogenated alkanes) is 7. The van der Waals surface area contributed by atoms with Gasteiger partial charge in [0.1, 0.15) is 0 Å². The van der Waals surface area contributed by atoms with Crippen LogP contribution in [-0.4, -0.2) is 22.8 Å². The van der Waals surface area contributed by atoms with Crippen molar-refractivity contribution in [3.63, 3.8) is 0 Å². The highest BCUT2D eigenvalue weighted by Gasteiger charge is 2.22. The van der Waals surface area contributed by atoms with Gasteiger partial charge in [0.05, 0.1) is 12.5 Å². The van der Waals surface area contributed by atoms with Crippen LogP contribution in [0.4, 0.5) is 0 Å². The van der Waals surface area contributed by atoms with Gasteiger partial charge in [-0.2, -0.15) is 0 Å². The number of carboxylic acids is 1. The van der Waals surface area contributed by atoms with Gasteiger partial charge in [-0.3, -0.25) is 4.79 Å². The maximum Gasteiger partial charge on any atom is 0.309 e. The topological polar surface area (TPSA) is 57.5 Å². The second-order valence-corrected chi connectivity index (χ2v) is 5.37. The molecular weight excluding hydrogens is 228 g/mol. The molecule has 0 spiro atoms. The summed E-state index contributed by atoms with van der Waals surface area (Å²) in [6.45, 7) is 3.91. The van der Waals surface area contributed by atoms with Gasteiger partial charge in [0, 0.05) is 0 Å². The lowest BCUT2D eigenvalue weighted by Crippen LogP contribution is -2.25. The van der Waals surface area contributed by atoms with Gasteiger partial charge in [0.15, 0.2) is 0 Å². The number of rotatable bonds is 12. The molecule has 0 aliphatic heterocycles. The molecule has 0 saturated carbocycles. The van der Waals surface area contributed by atoms with Crippen LogP contribution in [0.15, 0.2) is 0 Å². The fourth-order valence-corrected chi connectivity index (χ4v) is 2.30. The number of aliphatic carboxylic acids is 1. The molecule has 0 amide bonds. The zero-order valence-electron chi connectivity index (χ0n) is 12.0. The first-order valence-electron chi connectivity index (χ1n) is 7.47. The first-order chi connectivity index (χ1) is 8.63. The minimum absolute atomic E-state index is 0.0765. The van der Waals surface area contributed by atoms with Gasteiger partial charge in [-0.25, -0.2) is 0 Å². The highest BCUT2D eigenvalue weighted by molar-refractivity contribution is 5.70. The number of aliphatic hydroxyl groups excluding tert-OH is 1. The van der Waals surface area contributed by atoms with Gasteiger partial charge in [-0.1, -0.05) is 65.2 Å². The first-order valence-corrected chi connectivity index (χ1v) is 7.47. The van der Waals surface area contributed by atoms with E-state index in [1.165, 1.54) is 44.9 Å². The van der Waals surface area contributed by atoms with Crippen LogP contribution >= 0.6 is 0 Å². The highest BCUT2D eigenvalue weighted by Crippen LogP contribution is 2.19. The monoisotopic (exact) mass is 258 g/mol. The molecule has 0 fully saturated rings. The molecule has 0 rings (SSSR count). The van der Waals surface area contributed by atoms with Crippen molar-refractivity contribution in [1.29, 1.82) is 0 Å². The van der Waals surface area contributed by atoms with Gasteiger partial charge in [-0.15, -0.1) is 0 Å². The Morgan fingerprint density at radius 3 is 1.94 bits per heavy atom. The summed E-state index contributed by atoms with van der Waals surface area (Å²) < 4.78 is 0. The number of carboxylic acid groups (broad SMARTS) is 1. The van der Waals surface area contributed by atoms with Crippen molar-refractivity contribution in [3.8, 4) is 0 Å². The van der Waals surface area contributed by atoms with E-state index in [0.29, 0.717) is 0 Å². The first kappa shape index (κ1) is 17.4. The predicted molar refractivity (Wildman–Crippen MR) is 74.6 cm³/mol. The van der Waals surface area contributed by atoms with Crippen molar-refractivity contribution >= 4 is 5.97 Å². The Labute approximate surface area is 112 Å². The van der Waals surface area contributed by atoms with Crippen molar-refractivity contribution in [2.24, 2.45) is 11.8 Å². The van der Waals surface area contributed by atoms with Crippen LogP contribution in [0.1, 0.15) is 71.6 Å². The lowest BCUT2D eigenvalue weighted by atomic mass is 9.90. The van der Waals surface area contributed by atoms with E-state index < -0.39 is 11.9 Å². The zero-order chi connectivity index (χ0) is 13.8. The molecule has 0 radical (unpaired) electrons. The smallest absolute Gasteiger partial charge is 0.309 e. The Bertz CT molecular complexity index is 204. The van der Waals surface area contributed by atoms with E-state index in [1.807, 2.05) is 6.92 Å². The van der Waals surface area contributed by atoms with Gasteiger partial charge in [-0.05, 0) is 12.3 Å². The average Bonchev–Trinajstić information content (AvgIpc) is 2.33. The van der Waals surface area contributed by atoms with E-state index >= 15 is 0 Å². The molecule has 0 saturated heterocycles. The Morgan fingerprint density at radius 2 is 1.50 bits per heavy atom. The summed E-state index contributed by atoms with van der Waals surface area (Å²) >= 11 is 0. The SMILES string of the molecule is CCCCCCCCCCC(C)C(CO)C(=O)O. The Morgan fingerprint density at radius 1 is 1.00 bits per heavy atom. The summed E-state index contributed by atoms with van der Waals surface area (Å²) in [4.78, 5) is 10.8. The third-order valence-corrected chi connectivity index (χ3v) is 3.71. The normalized spacial score (nSPS) is 14.4. The molecule has 0 bridgehead atoms. The minimum atomic E-state index is -0.871. The predicted octanol–water partition coefficient (Wildman–Crippen LogP) is 3.85. The zero-order valence-corrected chi connectivity index (χ0v) is 12.0. The van der Waals surface area contributed by atoms with Gasteiger partial charge < -0.3 is 10.2 Å². The van der Waals surface area contributed by atoms with E-state index in [1.54, 1.807) is 0 Å². The van der Waals surface area contributed by atoms with Crippen LogP contribution in [0, 0.1) is 11.8 Å². The lowest BCUT2D eigenvalue weighted by Gasteiger charge is -2.17. The van der Waals surface area contributed by atoms with E-state index in [2.05, 4.69) is 6.92 Å². The molecular formula is C15H30O3. The maximum absolute atomic E-state index is 10.8. The molecule has 108 valence electrons. The fraction of sp³-hybridized carbons (Fsp3) is 0.933. The molecule has 18 heavy (non-hydrogen) atoms. The molecule has 0 heterocycles. The van der Waals surface area contributed by atoms with Crippen LogP contribution in [0.25, 0.3) is 0 Å². The van der Waals surface area contributed by atoms with Crippen molar-refractivity contribution in [1.82, 2.24) is 0 Å². The van der Waals surface area contributed by atoms with E-state index in [-0.39, 0.29) is 12.5 Å². The largest absolute Gasteiger partial charge is 0.481 e. The van der Waals surface area contributed by atoms with Crippen LogP contribution in [-0.2, 0) is 4.79 Å². The number of hydrogen-bond donors (Lipinski definition) is 2. The standard InChI is InChI=1S/C15H30O3/c1-3-4-5-6-7-8-9-10-11-13(2)14(12-16)15(17)18/h13-14,16H,3-12H2,1-2H3,(H,17,18). The van der Waals surface area contributed by atoms with Crippen molar-refractivity contribution in [2.75, 3.05) is 6.61 Å². The highest BCUT2D eigenvalue weighted by atomic mass is 16.4. The Hall–Kier alpha value is -0.570. The van der Waals surface area contributed by atoms with Crippen LogP contribution in [0.2, 0.25) is 0 Å². The molecule has 0 aromatic carbocycles. The summed E-state index contributed by atoms with van der Waals surface area (Å²) in [5, 5.41) is 17.9. The molecule has 0 aliphatic carbocycles. The Kier molecular flexibility index (Phi) is 11.2. The molecule has 3 heteroatoms. The van der Waals surface area contributed by atoms with Gasteiger partial charge in [0.2, 0.25) is 0 Å². The molecule has 2 atom stereocenters. The Balaban J connectivity index is 3.45. The van der Waals surface area contributed by atoms with Crippen molar-refractivity contribution in [2.45, 2.75) is 71.6 Å². The maximum atomic E-state index is 10.8. The van der Waals surface area contributed by atoms with Crippen molar-refractivity contribution in [3.05, 3.63) is 0 Å². The van der Waals surface area contributed by atoms with E-state index in [4.69, 9.17) is 10.2 Å². The minimum Gasteiger partial charge on any atom is -0.481 e. The number of carbonyl (C=O) groups is 1. The number of hydrogen-bond acceptors (Lipinski definition) is 2.